The lowest BCUT2D eigenvalue weighted by Gasteiger charge is -2.08. The van der Waals surface area contributed by atoms with Gasteiger partial charge in [0.15, 0.2) is 11.6 Å². The second kappa shape index (κ2) is 7.64. The molecule has 0 atom stereocenters. The Hall–Kier alpha value is -3.42. The second-order valence-corrected chi connectivity index (χ2v) is 5.31. The van der Waals surface area contributed by atoms with Gasteiger partial charge < -0.3 is 10.6 Å². The maximum absolute atomic E-state index is 13.5. The van der Waals surface area contributed by atoms with Crippen LogP contribution in [0.3, 0.4) is 0 Å². The van der Waals surface area contributed by atoms with Crippen LogP contribution in [0.4, 0.5) is 24.7 Å². The molecule has 2 N–H and O–H groups in total. The summed E-state index contributed by atoms with van der Waals surface area (Å²) in [7, 11) is 0. The average molecular weight is 358 g/mol. The van der Waals surface area contributed by atoms with Crippen LogP contribution in [0.15, 0.2) is 54.9 Å². The summed E-state index contributed by atoms with van der Waals surface area (Å²) in [6.07, 6.45) is 2.54. The molecule has 1 heterocycles. The lowest BCUT2D eigenvalue weighted by Crippen LogP contribution is -2.15. The second-order valence-electron chi connectivity index (χ2n) is 5.31. The van der Waals surface area contributed by atoms with Crippen LogP contribution in [0.5, 0.6) is 0 Å². The van der Waals surface area contributed by atoms with E-state index in [2.05, 4.69) is 20.6 Å². The van der Waals surface area contributed by atoms with Gasteiger partial charge in [0.1, 0.15) is 17.3 Å². The Kier molecular flexibility index (Phi) is 5.12. The number of aromatic nitrogens is 2. The largest absolute Gasteiger partial charge is 0.365 e. The zero-order valence-corrected chi connectivity index (χ0v) is 13.3. The Labute approximate surface area is 146 Å². The van der Waals surface area contributed by atoms with E-state index in [9.17, 15) is 18.0 Å². The Morgan fingerprint density at radius 3 is 2.42 bits per heavy atom. The zero-order valence-electron chi connectivity index (χ0n) is 13.3. The van der Waals surface area contributed by atoms with Gasteiger partial charge in [0.05, 0.1) is 12.4 Å². The standard InChI is InChI=1S/C18H13F3N4O/c19-13-4-2-1-3-11(13)8-23-17-10-22-16(9-24-17)18(26)25-12-5-6-14(20)15(21)7-12/h1-7,9-10H,8H2,(H,23,24)(H,25,26). The molecule has 8 heteroatoms. The summed E-state index contributed by atoms with van der Waals surface area (Å²) in [6.45, 7) is 0.210. The Morgan fingerprint density at radius 1 is 0.923 bits per heavy atom. The van der Waals surface area contributed by atoms with Gasteiger partial charge in [0.25, 0.3) is 5.91 Å². The number of nitrogens with zero attached hydrogens (tertiary/aromatic N) is 2. The number of nitrogens with one attached hydrogen (secondary N) is 2. The van der Waals surface area contributed by atoms with Gasteiger partial charge in [-0.1, -0.05) is 18.2 Å². The van der Waals surface area contributed by atoms with Crippen molar-refractivity contribution in [3.63, 3.8) is 0 Å². The summed E-state index contributed by atoms with van der Waals surface area (Å²) in [6, 6.07) is 9.32. The maximum Gasteiger partial charge on any atom is 0.275 e. The van der Waals surface area contributed by atoms with Gasteiger partial charge in [-0.05, 0) is 18.2 Å². The summed E-state index contributed by atoms with van der Waals surface area (Å²) in [5.74, 6) is -2.67. The lowest BCUT2D eigenvalue weighted by molar-refractivity contribution is 0.102. The molecule has 3 rings (SSSR count). The fourth-order valence-corrected chi connectivity index (χ4v) is 2.13. The molecule has 0 aliphatic heterocycles. The predicted octanol–water partition coefficient (Wildman–Crippen LogP) is 3.76. The Bertz CT molecular complexity index is 932. The van der Waals surface area contributed by atoms with Gasteiger partial charge in [-0.15, -0.1) is 0 Å². The van der Waals surface area contributed by atoms with Gasteiger partial charge in [-0.25, -0.2) is 23.1 Å². The molecule has 0 aliphatic rings. The minimum atomic E-state index is -1.07. The monoisotopic (exact) mass is 358 g/mol. The highest BCUT2D eigenvalue weighted by Crippen LogP contribution is 2.14. The van der Waals surface area contributed by atoms with Crippen LogP contribution in [0.25, 0.3) is 0 Å². The number of carbonyl (C=O) groups excluding carboxylic acids is 1. The molecule has 0 fully saturated rings. The molecule has 0 radical (unpaired) electrons. The number of hydrogen-bond donors (Lipinski definition) is 2. The SMILES string of the molecule is O=C(Nc1ccc(F)c(F)c1)c1cnc(NCc2ccccc2F)cn1. The quantitative estimate of drug-likeness (QED) is 0.729. The summed E-state index contributed by atoms with van der Waals surface area (Å²) in [4.78, 5) is 20.0. The van der Waals surface area contributed by atoms with Crippen LogP contribution in [-0.4, -0.2) is 15.9 Å². The maximum atomic E-state index is 13.5. The first-order valence-corrected chi connectivity index (χ1v) is 7.58. The van der Waals surface area contributed by atoms with Gasteiger partial charge in [0.2, 0.25) is 0 Å². The number of carbonyl (C=O) groups is 1. The number of rotatable bonds is 5. The van der Waals surface area contributed by atoms with E-state index in [0.717, 1.165) is 12.1 Å². The van der Waals surface area contributed by atoms with Gasteiger partial charge in [-0.2, -0.15) is 0 Å². The van der Waals surface area contributed by atoms with Crippen molar-refractivity contribution in [1.29, 1.82) is 0 Å². The molecule has 1 aromatic heterocycles. The predicted molar refractivity (Wildman–Crippen MR) is 90.1 cm³/mol. The highest BCUT2D eigenvalue weighted by Gasteiger charge is 2.10. The molecule has 5 nitrogen and oxygen atoms in total. The molecule has 3 aromatic rings. The summed E-state index contributed by atoms with van der Waals surface area (Å²) < 4.78 is 39.6. The van der Waals surface area contributed by atoms with E-state index >= 15 is 0 Å². The Morgan fingerprint density at radius 2 is 1.73 bits per heavy atom. The third-order valence-corrected chi connectivity index (χ3v) is 3.48. The van der Waals surface area contributed by atoms with E-state index in [-0.39, 0.29) is 23.7 Å². The number of hydrogen-bond acceptors (Lipinski definition) is 4. The zero-order chi connectivity index (χ0) is 18.5. The van der Waals surface area contributed by atoms with E-state index < -0.39 is 17.5 Å². The molecule has 0 unspecified atom stereocenters. The Balaban J connectivity index is 1.62. The molecule has 0 aliphatic carbocycles. The highest BCUT2D eigenvalue weighted by molar-refractivity contribution is 6.02. The molecule has 0 saturated heterocycles. The highest BCUT2D eigenvalue weighted by atomic mass is 19.2. The van der Waals surface area contributed by atoms with E-state index in [4.69, 9.17) is 0 Å². The van der Waals surface area contributed by atoms with Crippen molar-refractivity contribution in [2.75, 3.05) is 10.6 Å². The molecule has 0 spiro atoms. The number of amides is 1. The average Bonchev–Trinajstić information content (AvgIpc) is 2.64. The van der Waals surface area contributed by atoms with Crippen LogP contribution in [0.2, 0.25) is 0 Å². The fourth-order valence-electron chi connectivity index (χ4n) is 2.13. The van der Waals surface area contributed by atoms with Crippen molar-refractivity contribution in [1.82, 2.24) is 9.97 Å². The van der Waals surface area contributed by atoms with Gasteiger partial charge in [0, 0.05) is 23.9 Å². The van der Waals surface area contributed by atoms with Crippen LogP contribution in [0.1, 0.15) is 16.1 Å². The topological polar surface area (TPSA) is 66.9 Å². The molecular weight excluding hydrogens is 345 g/mol. The van der Waals surface area contributed by atoms with Crippen molar-refractivity contribution in [2.24, 2.45) is 0 Å². The third kappa shape index (κ3) is 4.15. The van der Waals surface area contributed by atoms with E-state index in [1.54, 1.807) is 18.2 Å². The summed E-state index contributed by atoms with van der Waals surface area (Å²) >= 11 is 0. The molecule has 1 amide bonds. The molecule has 26 heavy (non-hydrogen) atoms. The van der Waals surface area contributed by atoms with Crippen LogP contribution in [-0.2, 0) is 6.54 Å². The first-order chi connectivity index (χ1) is 12.5. The van der Waals surface area contributed by atoms with Crippen LogP contribution < -0.4 is 10.6 Å². The molecule has 132 valence electrons. The van der Waals surface area contributed by atoms with Crippen molar-refractivity contribution in [2.45, 2.75) is 6.54 Å². The number of halogens is 3. The van der Waals surface area contributed by atoms with E-state index in [1.165, 1.54) is 24.5 Å². The molecule has 2 aromatic carbocycles. The van der Waals surface area contributed by atoms with Crippen LogP contribution in [0, 0.1) is 17.5 Å². The number of benzene rings is 2. The normalized spacial score (nSPS) is 10.4. The third-order valence-electron chi connectivity index (χ3n) is 3.48. The van der Waals surface area contributed by atoms with Crippen molar-refractivity contribution < 1.29 is 18.0 Å². The summed E-state index contributed by atoms with van der Waals surface area (Å²) in [5.41, 5.74) is 0.554. The van der Waals surface area contributed by atoms with Crippen molar-refractivity contribution in [3.05, 3.63) is 83.6 Å². The fraction of sp³-hybridized carbons (Fsp3) is 0.0556. The molecule has 0 saturated carbocycles. The van der Waals surface area contributed by atoms with Crippen LogP contribution >= 0.6 is 0 Å². The molecular formula is C18H13F3N4O. The van der Waals surface area contributed by atoms with Crippen molar-refractivity contribution in [3.8, 4) is 0 Å². The van der Waals surface area contributed by atoms with Gasteiger partial charge in [-0.3, -0.25) is 4.79 Å². The van der Waals surface area contributed by atoms with E-state index in [0.29, 0.717) is 11.4 Å². The molecule has 0 bridgehead atoms. The summed E-state index contributed by atoms with van der Waals surface area (Å²) in [5, 5.41) is 5.29. The van der Waals surface area contributed by atoms with Crippen molar-refractivity contribution >= 4 is 17.4 Å². The lowest BCUT2D eigenvalue weighted by atomic mass is 10.2. The minimum absolute atomic E-state index is 0.00817. The minimum Gasteiger partial charge on any atom is -0.365 e. The smallest absolute Gasteiger partial charge is 0.275 e. The number of anilines is 2. The first-order valence-electron chi connectivity index (χ1n) is 7.58. The van der Waals surface area contributed by atoms with E-state index in [1.807, 2.05) is 0 Å². The van der Waals surface area contributed by atoms with Gasteiger partial charge >= 0.3 is 0 Å². The first kappa shape index (κ1) is 17.4.